The highest BCUT2D eigenvalue weighted by Gasteiger charge is 2.37. The second-order valence-electron chi connectivity index (χ2n) is 13.5. The molecule has 0 radical (unpaired) electrons. The summed E-state index contributed by atoms with van der Waals surface area (Å²) in [6.45, 7) is 1.14. The number of hydrogen-bond donors (Lipinski definition) is 1. The van der Waals surface area contributed by atoms with Crippen LogP contribution in [0.5, 0.6) is 0 Å². The topological polar surface area (TPSA) is 139 Å². The summed E-state index contributed by atoms with van der Waals surface area (Å²) in [5, 5.41) is 3.27. The van der Waals surface area contributed by atoms with Crippen LogP contribution in [-0.2, 0) is 64.9 Å². The van der Waals surface area contributed by atoms with E-state index in [4.69, 9.17) is 28.4 Å². The summed E-state index contributed by atoms with van der Waals surface area (Å²) in [6.07, 6.45) is 0.00222. The van der Waals surface area contributed by atoms with E-state index in [-0.39, 0.29) is 64.8 Å². The number of esters is 3. The van der Waals surface area contributed by atoms with Crippen molar-refractivity contribution in [3.8, 4) is 0 Å². The maximum absolute atomic E-state index is 14.9. The third-order valence-corrected chi connectivity index (χ3v) is 12.1. The molecular weight excluding hydrogens is 813 g/mol. The van der Waals surface area contributed by atoms with Crippen molar-refractivity contribution < 1.29 is 47.6 Å². The van der Waals surface area contributed by atoms with Gasteiger partial charge in [-0.15, -0.1) is 0 Å². The van der Waals surface area contributed by atoms with Crippen LogP contribution in [0.1, 0.15) is 36.0 Å². The van der Waals surface area contributed by atoms with Crippen molar-refractivity contribution in [2.24, 2.45) is 0 Å². The lowest BCUT2D eigenvalue weighted by molar-refractivity contribution is -0.143. The number of amides is 1. The van der Waals surface area contributed by atoms with Gasteiger partial charge in [0.15, 0.2) is 0 Å². The van der Waals surface area contributed by atoms with Crippen molar-refractivity contribution in [2.45, 2.75) is 48.1 Å². The highest BCUT2D eigenvalue weighted by molar-refractivity contribution is 7.99. The zero-order valence-corrected chi connectivity index (χ0v) is 37.0. The minimum Gasteiger partial charge on any atom is -0.469 e. The number of benzene rings is 3. The lowest BCUT2D eigenvalue weighted by Gasteiger charge is -2.38. The number of nitrogens with one attached hydrogen (secondary N) is 1. The Labute approximate surface area is 362 Å². The molecule has 0 heterocycles. The van der Waals surface area contributed by atoms with E-state index < -0.39 is 29.5 Å². The Morgan fingerprint density at radius 2 is 0.915 bits per heavy atom. The standard InChI is InChI=1S/C44H60N2O10S3/c1-51-40(47)19-24-54-33-44(34-55-25-20-41(48)52-2,35-56-26-21-42(49)53-3)45-43(50)39(32-59-31-38-17-11-6-12-18-38)46(22-27-57-29-36-13-7-4-8-14-36)23-28-58-30-37-15-9-5-10-16-37/h4-18,39H,19-35H2,1-3H3,(H,45,50). The second-order valence-corrected chi connectivity index (χ2v) is 16.8. The normalized spacial score (nSPS) is 11.9. The maximum Gasteiger partial charge on any atom is 0.307 e. The van der Waals surface area contributed by atoms with Crippen molar-refractivity contribution in [2.75, 3.05) is 91.3 Å². The molecule has 0 aliphatic rings. The smallest absolute Gasteiger partial charge is 0.307 e. The second kappa shape index (κ2) is 30.5. The van der Waals surface area contributed by atoms with Crippen LogP contribution in [0.3, 0.4) is 0 Å². The zero-order valence-electron chi connectivity index (χ0n) is 34.5. The first-order chi connectivity index (χ1) is 28.8. The highest BCUT2D eigenvalue weighted by Crippen LogP contribution is 2.21. The molecule has 1 N–H and O–H groups in total. The molecule has 0 aliphatic carbocycles. The number of nitrogens with zero attached hydrogens (tertiary/aromatic N) is 1. The number of rotatable bonds is 32. The average Bonchev–Trinajstić information content (AvgIpc) is 3.27. The van der Waals surface area contributed by atoms with Gasteiger partial charge in [-0.05, 0) is 16.7 Å². The molecule has 1 amide bonds. The molecule has 12 nitrogen and oxygen atoms in total. The molecule has 0 aromatic heterocycles. The van der Waals surface area contributed by atoms with Crippen molar-refractivity contribution in [3.63, 3.8) is 0 Å². The Morgan fingerprint density at radius 1 is 0.559 bits per heavy atom. The SMILES string of the molecule is COC(=O)CCOCC(COCCC(=O)OC)(COCCC(=O)OC)NC(=O)C(CSCc1ccccc1)N(CCSCc1ccccc1)CCSCc1ccccc1. The van der Waals surface area contributed by atoms with Gasteiger partial charge in [-0.25, -0.2) is 0 Å². The third kappa shape index (κ3) is 21.5. The van der Waals surface area contributed by atoms with Crippen LogP contribution >= 0.6 is 35.3 Å². The van der Waals surface area contributed by atoms with E-state index in [1.165, 1.54) is 32.5 Å². The van der Waals surface area contributed by atoms with E-state index >= 15 is 0 Å². The van der Waals surface area contributed by atoms with Crippen LogP contribution < -0.4 is 5.32 Å². The number of thioether (sulfide) groups is 3. The Kier molecular flexibility index (Phi) is 25.7. The van der Waals surface area contributed by atoms with Gasteiger partial charge in [0.05, 0.1) is 86.3 Å². The fraction of sp³-hybridized carbons (Fsp3) is 0.500. The lowest BCUT2D eigenvalue weighted by Crippen LogP contribution is -2.63. The highest BCUT2D eigenvalue weighted by atomic mass is 32.2. The van der Waals surface area contributed by atoms with Gasteiger partial charge in [0.2, 0.25) is 5.91 Å². The van der Waals surface area contributed by atoms with Gasteiger partial charge in [0, 0.05) is 47.6 Å². The van der Waals surface area contributed by atoms with E-state index in [2.05, 4.69) is 46.6 Å². The molecule has 15 heteroatoms. The summed E-state index contributed by atoms with van der Waals surface area (Å²) in [5.74, 6) is 2.98. The third-order valence-electron chi connectivity index (χ3n) is 8.96. The van der Waals surface area contributed by atoms with E-state index in [0.29, 0.717) is 18.8 Å². The molecule has 0 spiro atoms. The molecule has 3 aromatic rings. The van der Waals surface area contributed by atoms with Crippen LogP contribution in [0.2, 0.25) is 0 Å². The number of methoxy groups -OCH3 is 3. The Hall–Kier alpha value is -3.57. The quantitative estimate of drug-likeness (QED) is 0.0443. The largest absolute Gasteiger partial charge is 0.469 e. The Morgan fingerprint density at radius 3 is 1.27 bits per heavy atom. The summed E-state index contributed by atoms with van der Waals surface area (Å²) in [7, 11) is 3.91. The summed E-state index contributed by atoms with van der Waals surface area (Å²) >= 11 is 5.34. The lowest BCUT2D eigenvalue weighted by atomic mass is 10.0. The molecule has 324 valence electrons. The molecule has 1 unspecified atom stereocenters. The van der Waals surface area contributed by atoms with Crippen LogP contribution in [0.25, 0.3) is 0 Å². The van der Waals surface area contributed by atoms with Crippen LogP contribution in [0, 0.1) is 0 Å². The van der Waals surface area contributed by atoms with Crippen LogP contribution in [0.4, 0.5) is 0 Å². The summed E-state index contributed by atoms with van der Waals surface area (Å²) < 4.78 is 32.4. The Bertz CT molecular complexity index is 1500. The predicted octanol–water partition coefficient (Wildman–Crippen LogP) is 6.05. The average molecular weight is 873 g/mol. The fourth-order valence-electron chi connectivity index (χ4n) is 5.68. The first kappa shape index (κ1) is 49.8. The van der Waals surface area contributed by atoms with Gasteiger partial charge < -0.3 is 33.7 Å². The Balaban J connectivity index is 1.91. The molecule has 0 fully saturated rings. The van der Waals surface area contributed by atoms with E-state index in [0.717, 1.165) is 34.3 Å². The number of carbonyl (C=O) groups is 4. The molecule has 0 aliphatic heterocycles. The minimum absolute atomic E-state index is 0.000741. The zero-order chi connectivity index (χ0) is 42.4. The number of carbonyl (C=O) groups excluding carboxylic acids is 4. The van der Waals surface area contributed by atoms with Crippen molar-refractivity contribution >= 4 is 59.1 Å². The molecule has 1 atom stereocenters. The molecule has 3 rings (SSSR count). The van der Waals surface area contributed by atoms with Gasteiger partial charge in [-0.2, -0.15) is 35.3 Å². The molecule has 0 saturated heterocycles. The molecule has 0 saturated carbocycles. The van der Waals surface area contributed by atoms with Gasteiger partial charge in [-0.3, -0.25) is 24.1 Å². The fourth-order valence-corrected chi connectivity index (χ4v) is 8.68. The first-order valence-corrected chi connectivity index (χ1v) is 23.1. The summed E-state index contributed by atoms with van der Waals surface area (Å²) in [5.41, 5.74) is 2.38. The van der Waals surface area contributed by atoms with E-state index in [1.54, 1.807) is 11.8 Å². The van der Waals surface area contributed by atoms with Gasteiger partial charge >= 0.3 is 17.9 Å². The van der Waals surface area contributed by atoms with Crippen LogP contribution in [-0.4, -0.2) is 132 Å². The van der Waals surface area contributed by atoms with Crippen molar-refractivity contribution in [1.82, 2.24) is 10.2 Å². The minimum atomic E-state index is -1.27. The van der Waals surface area contributed by atoms with E-state index in [1.807, 2.05) is 78.1 Å². The molecule has 0 bridgehead atoms. The monoisotopic (exact) mass is 872 g/mol. The first-order valence-electron chi connectivity index (χ1n) is 19.6. The van der Waals surface area contributed by atoms with Gasteiger partial charge in [0.25, 0.3) is 0 Å². The summed E-state index contributed by atoms with van der Waals surface area (Å²) in [6, 6.07) is 30.3. The number of ether oxygens (including phenoxy) is 6. The molecular formula is C44H60N2O10S3. The van der Waals surface area contributed by atoms with Gasteiger partial charge in [0.1, 0.15) is 5.54 Å². The maximum atomic E-state index is 14.9. The predicted molar refractivity (Wildman–Crippen MR) is 236 cm³/mol. The number of hydrogen-bond acceptors (Lipinski definition) is 14. The van der Waals surface area contributed by atoms with Gasteiger partial charge in [-0.1, -0.05) is 91.0 Å². The summed E-state index contributed by atoms with van der Waals surface area (Å²) in [4.78, 5) is 53.0. The molecule has 59 heavy (non-hydrogen) atoms. The van der Waals surface area contributed by atoms with Crippen molar-refractivity contribution in [1.29, 1.82) is 0 Å². The molecule has 3 aromatic carbocycles. The van der Waals surface area contributed by atoms with Crippen molar-refractivity contribution in [3.05, 3.63) is 108 Å². The van der Waals surface area contributed by atoms with E-state index in [9.17, 15) is 19.2 Å². The van der Waals surface area contributed by atoms with Crippen LogP contribution in [0.15, 0.2) is 91.0 Å².